The number of hydrogen-bond donors (Lipinski definition) is 3. The van der Waals surface area contributed by atoms with Crippen molar-refractivity contribution in [2.24, 2.45) is 0 Å². The van der Waals surface area contributed by atoms with Gasteiger partial charge >= 0.3 is 12.1 Å². The number of aromatic nitrogens is 3. The summed E-state index contributed by atoms with van der Waals surface area (Å²) in [6.07, 6.45) is 9.77. The number of aromatic amines is 2. The molecule has 4 aromatic rings. The Bertz CT molecular complexity index is 2130. The van der Waals surface area contributed by atoms with Crippen molar-refractivity contribution in [1.29, 1.82) is 0 Å². The van der Waals surface area contributed by atoms with E-state index in [9.17, 15) is 19.2 Å². The van der Waals surface area contributed by atoms with Crippen molar-refractivity contribution < 1.29 is 23.6 Å². The highest BCUT2D eigenvalue weighted by molar-refractivity contribution is 5.88. The van der Waals surface area contributed by atoms with E-state index in [0.717, 1.165) is 101 Å². The minimum Gasteiger partial charge on any atom is -0.399 e. The van der Waals surface area contributed by atoms with Crippen molar-refractivity contribution in [1.82, 2.24) is 40.1 Å². The third-order valence-corrected chi connectivity index (χ3v) is 13.2. The summed E-state index contributed by atoms with van der Waals surface area (Å²) in [6, 6.07) is 13.3. The summed E-state index contributed by atoms with van der Waals surface area (Å²) in [7, 11) is 4.00. The average molecular weight is 811 g/mol. The number of amides is 4. The molecule has 1 atom stereocenters. The summed E-state index contributed by atoms with van der Waals surface area (Å²) in [4.78, 5) is 64.9. The van der Waals surface area contributed by atoms with Crippen molar-refractivity contribution in [3.8, 4) is 0 Å². The second-order valence-electron chi connectivity index (χ2n) is 17.5. The van der Waals surface area contributed by atoms with E-state index < -0.39 is 6.04 Å². The summed E-state index contributed by atoms with van der Waals surface area (Å²) >= 11 is 0. The number of urea groups is 1. The van der Waals surface area contributed by atoms with Crippen LogP contribution >= 0.6 is 0 Å². The van der Waals surface area contributed by atoms with Gasteiger partial charge in [0.25, 0.3) is 5.56 Å². The monoisotopic (exact) mass is 811 g/mol. The van der Waals surface area contributed by atoms with Gasteiger partial charge in [0.15, 0.2) is 0 Å². The van der Waals surface area contributed by atoms with E-state index >= 15 is 0 Å². The number of para-hydroxylation sites is 1. The molecule has 4 amide bonds. The number of nitrogens with one attached hydrogen (secondary N) is 3. The zero-order chi connectivity index (χ0) is 41.5. The Balaban J connectivity index is 0.934. The number of unbranched alkanes of at least 4 members (excludes halogenated alkanes) is 3. The number of benzene rings is 2. The number of aryl methyl sites for hydroxylation is 1. The topological polar surface area (TPSA) is 147 Å². The Morgan fingerprint density at radius 2 is 1.69 bits per heavy atom. The first-order chi connectivity index (χ1) is 28.5. The summed E-state index contributed by atoms with van der Waals surface area (Å²) in [5.74, 6) is -0.0114. The van der Waals surface area contributed by atoms with Crippen LogP contribution in [-0.4, -0.2) is 149 Å². The van der Waals surface area contributed by atoms with Gasteiger partial charge in [0.05, 0.1) is 31.9 Å². The molecule has 14 nitrogen and oxygen atoms in total. The molecule has 59 heavy (non-hydrogen) atoms. The average Bonchev–Trinajstić information content (AvgIpc) is 3.73. The number of pyridine rings is 1. The number of fused-ring (bicyclic) bond motifs is 2. The number of likely N-dealkylation sites (tertiary alicyclic amines) is 2. The molecule has 5 heterocycles. The SMILES string of the molecule is CCCCCCN(C)C(=O)OC[N+]1(C)CCC(N2CCN(C(=O)[C@@H](Cc3cc(C)c4[nH]ncc4c3)NC(=O)N3CCC(c4cc5ccccc5[nH]c4=O)CC3)CC2)CC1. The maximum absolute atomic E-state index is 14.4. The molecule has 7 rings (SSSR count). The molecule has 0 radical (unpaired) electrons. The highest BCUT2D eigenvalue weighted by Gasteiger charge is 2.37. The van der Waals surface area contributed by atoms with Crippen LogP contribution in [0.2, 0.25) is 0 Å². The van der Waals surface area contributed by atoms with Crippen LogP contribution < -0.4 is 10.9 Å². The molecule has 2 aromatic heterocycles. The van der Waals surface area contributed by atoms with Gasteiger partial charge in [-0.1, -0.05) is 50.5 Å². The zero-order valence-electron chi connectivity index (χ0n) is 35.5. The lowest BCUT2D eigenvalue weighted by Gasteiger charge is -2.45. The molecule has 3 aliphatic rings. The van der Waals surface area contributed by atoms with E-state index in [4.69, 9.17) is 4.74 Å². The van der Waals surface area contributed by atoms with Crippen LogP contribution in [0.5, 0.6) is 0 Å². The van der Waals surface area contributed by atoms with E-state index in [1.165, 1.54) is 12.8 Å². The molecule has 2 aromatic carbocycles. The molecule has 0 bridgehead atoms. The predicted octanol–water partition coefficient (Wildman–Crippen LogP) is 5.57. The van der Waals surface area contributed by atoms with Crippen LogP contribution in [-0.2, 0) is 16.0 Å². The summed E-state index contributed by atoms with van der Waals surface area (Å²) < 4.78 is 6.49. The summed E-state index contributed by atoms with van der Waals surface area (Å²) in [6.45, 7) is 10.9. The normalized spacial score (nSPS) is 21.1. The third-order valence-electron chi connectivity index (χ3n) is 13.2. The minimum absolute atomic E-state index is 0.0529. The Morgan fingerprint density at radius 3 is 2.44 bits per heavy atom. The first-order valence-corrected chi connectivity index (χ1v) is 21.8. The number of piperidine rings is 2. The fourth-order valence-electron chi connectivity index (χ4n) is 9.36. The molecule has 3 aliphatic heterocycles. The summed E-state index contributed by atoms with van der Waals surface area (Å²) in [5.41, 5.74) is 4.49. The lowest BCUT2D eigenvalue weighted by Crippen LogP contribution is -2.60. The molecule has 3 N–H and O–H groups in total. The number of H-pyrrole nitrogens is 2. The van der Waals surface area contributed by atoms with Crippen LogP contribution in [0.3, 0.4) is 0 Å². The quantitative estimate of drug-likeness (QED) is 0.118. The van der Waals surface area contributed by atoms with Gasteiger partial charge in [-0.3, -0.25) is 24.1 Å². The van der Waals surface area contributed by atoms with Gasteiger partial charge in [0, 0.05) is 94.6 Å². The standard InChI is InChI=1S/C45H63N9O5/c1-5-6-7-10-17-50(3)45(58)59-31-54(4)24-15-37(16-25-54)51-20-22-52(23-21-51)43(56)40(28-33-26-32(2)41-36(27-33)30-46-49-41)48-44(57)53-18-13-34(14-19-53)38-29-35-11-8-9-12-39(35)47-42(38)55/h8-9,11-12,26-27,29-30,34,37,40H,5-7,10,13-25,28,31H2,1-4H3,(H2-,46,47,48,49,55,57)/p+1/t37?,40-,54?/m1/s1. The number of rotatable bonds is 13. The number of carbonyl (C=O) groups is 3. The number of nitrogens with zero attached hydrogens (tertiary/aromatic N) is 6. The lowest BCUT2D eigenvalue weighted by atomic mass is 9.89. The minimum atomic E-state index is -0.732. The van der Waals surface area contributed by atoms with Gasteiger partial charge in [-0.15, -0.1) is 0 Å². The maximum Gasteiger partial charge on any atom is 0.413 e. The summed E-state index contributed by atoms with van der Waals surface area (Å²) in [5, 5.41) is 12.4. The fraction of sp³-hybridized carbons (Fsp3) is 0.578. The Kier molecular flexibility index (Phi) is 13.6. The number of quaternary nitrogens is 1. The Morgan fingerprint density at radius 1 is 0.949 bits per heavy atom. The van der Waals surface area contributed by atoms with E-state index in [1.807, 2.05) is 55.3 Å². The van der Waals surface area contributed by atoms with Crippen LogP contribution in [0.25, 0.3) is 21.8 Å². The van der Waals surface area contributed by atoms with E-state index in [-0.39, 0.29) is 29.5 Å². The highest BCUT2D eigenvalue weighted by Crippen LogP contribution is 2.28. The van der Waals surface area contributed by atoms with Crippen LogP contribution in [0.4, 0.5) is 9.59 Å². The van der Waals surface area contributed by atoms with Gasteiger partial charge in [-0.25, -0.2) is 9.59 Å². The van der Waals surface area contributed by atoms with E-state index in [0.29, 0.717) is 58.2 Å². The smallest absolute Gasteiger partial charge is 0.399 e. The van der Waals surface area contributed by atoms with Gasteiger partial charge < -0.3 is 29.7 Å². The Labute approximate surface area is 347 Å². The fourth-order valence-corrected chi connectivity index (χ4v) is 9.36. The van der Waals surface area contributed by atoms with Crippen molar-refractivity contribution in [2.75, 3.05) is 79.7 Å². The van der Waals surface area contributed by atoms with E-state index in [1.54, 1.807) is 16.0 Å². The number of ether oxygens (including phenoxy) is 1. The van der Waals surface area contributed by atoms with Gasteiger partial charge in [0.1, 0.15) is 6.04 Å². The van der Waals surface area contributed by atoms with Crippen LogP contribution in [0.1, 0.15) is 80.9 Å². The second kappa shape index (κ2) is 19.0. The largest absolute Gasteiger partial charge is 0.413 e. The van der Waals surface area contributed by atoms with E-state index in [2.05, 4.69) is 45.4 Å². The molecule has 3 fully saturated rings. The first kappa shape index (κ1) is 42.2. The molecule has 0 saturated carbocycles. The van der Waals surface area contributed by atoms with Crippen molar-refractivity contribution in [3.63, 3.8) is 0 Å². The highest BCUT2D eigenvalue weighted by atomic mass is 16.6. The van der Waals surface area contributed by atoms with Crippen molar-refractivity contribution in [3.05, 3.63) is 75.7 Å². The van der Waals surface area contributed by atoms with Gasteiger partial charge in [0.2, 0.25) is 12.6 Å². The zero-order valence-corrected chi connectivity index (χ0v) is 35.5. The number of carbonyl (C=O) groups excluding carboxylic acids is 3. The number of hydrogen-bond acceptors (Lipinski definition) is 7. The van der Waals surface area contributed by atoms with Crippen molar-refractivity contribution >= 4 is 39.8 Å². The lowest BCUT2D eigenvalue weighted by molar-refractivity contribution is -0.930. The van der Waals surface area contributed by atoms with Gasteiger partial charge in [-0.05, 0) is 66.8 Å². The number of piperazine rings is 1. The molecule has 0 spiro atoms. The molecule has 318 valence electrons. The third kappa shape index (κ3) is 10.3. The Hall–Kier alpha value is -4.95. The maximum atomic E-state index is 14.4. The second-order valence-corrected chi connectivity index (χ2v) is 17.5. The molecule has 0 aliphatic carbocycles. The first-order valence-electron chi connectivity index (χ1n) is 21.8. The van der Waals surface area contributed by atoms with Crippen LogP contribution in [0, 0.1) is 6.92 Å². The molecule has 14 heteroatoms. The van der Waals surface area contributed by atoms with Crippen LogP contribution in [0.15, 0.2) is 53.5 Å². The molecular formula is C45H64N9O5+. The molecule has 3 saturated heterocycles. The predicted molar refractivity (Wildman–Crippen MR) is 230 cm³/mol. The molecular weight excluding hydrogens is 747 g/mol. The van der Waals surface area contributed by atoms with Gasteiger partial charge in [-0.2, -0.15) is 5.10 Å². The molecule has 0 unspecified atom stereocenters. The van der Waals surface area contributed by atoms with Crippen molar-refractivity contribution in [2.45, 2.75) is 89.6 Å².